The van der Waals surface area contributed by atoms with Gasteiger partial charge in [-0.1, -0.05) is 41.7 Å². The van der Waals surface area contributed by atoms with Gasteiger partial charge in [-0.25, -0.2) is 4.99 Å². The standard InChI is InChI=1S/C24H24Cl3N3OS/c1-5-30-20-11-18(26)14(8-16(20)13(2)12-24(30,3)4)9-21-22(31)29-23(32-21)28-15-6-7-17(25)19(27)10-15/h6-11,13H,5,12H2,1-4H3,(H,28,29,31)/b21-9+. The van der Waals surface area contributed by atoms with Crippen molar-refractivity contribution in [1.82, 2.24) is 5.32 Å². The van der Waals surface area contributed by atoms with Gasteiger partial charge in [-0.2, -0.15) is 0 Å². The molecule has 1 N–H and O–H groups in total. The molecule has 0 spiro atoms. The van der Waals surface area contributed by atoms with Gasteiger partial charge in [0.05, 0.1) is 20.6 Å². The van der Waals surface area contributed by atoms with Gasteiger partial charge in [0.1, 0.15) is 0 Å². The highest BCUT2D eigenvalue weighted by atomic mass is 35.5. The molecule has 0 aromatic heterocycles. The molecule has 1 fully saturated rings. The van der Waals surface area contributed by atoms with Gasteiger partial charge in [0.15, 0.2) is 5.17 Å². The summed E-state index contributed by atoms with van der Waals surface area (Å²) in [4.78, 5) is 20.0. The van der Waals surface area contributed by atoms with Crippen molar-refractivity contribution in [3.8, 4) is 0 Å². The van der Waals surface area contributed by atoms with Crippen molar-refractivity contribution in [2.45, 2.75) is 45.6 Å². The van der Waals surface area contributed by atoms with Gasteiger partial charge in [0.25, 0.3) is 5.91 Å². The van der Waals surface area contributed by atoms with Crippen molar-refractivity contribution in [3.05, 3.63) is 61.4 Å². The lowest BCUT2D eigenvalue weighted by Crippen LogP contribution is -2.48. The SMILES string of the molecule is CCN1c2cc(Cl)c(/C=C3/SC(=Nc4ccc(Cl)c(Cl)c4)NC3=O)cc2C(C)CC1(C)C. The molecule has 4 nitrogen and oxygen atoms in total. The van der Waals surface area contributed by atoms with Crippen LogP contribution >= 0.6 is 46.6 Å². The van der Waals surface area contributed by atoms with E-state index in [4.69, 9.17) is 34.8 Å². The van der Waals surface area contributed by atoms with Crippen molar-refractivity contribution in [2.24, 2.45) is 4.99 Å². The summed E-state index contributed by atoms with van der Waals surface area (Å²) < 4.78 is 0. The lowest BCUT2D eigenvalue weighted by molar-refractivity contribution is -0.115. The molecule has 0 bridgehead atoms. The average molecular weight is 509 g/mol. The third kappa shape index (κ3) is 4.54. The molecule has 1 amide bonds. The number of carbonyl (C=O) groups is 1. The van der Waals surface area contributed by atoms with Crippen molar-refractivity contribution in [3.63, 3.8) is 0 Å². The van der Waals surface area contributed by atoms with E-state index in [2.05, 4.69) is 49.0 Å². The average Bonchev–Trinajstić information content (AvgIpc) is 3.04. The zero-order chi connectivity index (χ0) is 23.2. The summed E-state index contributed by atoms with van der Waals surface area (Å²) in [5.74, 6) is 0.195. The van der Waals surface area contributed by atoms with Gasteiger partial charge in [0, 0.05) is 22.8 Å². The Balaban J connectivity index is 1.66. The second-order valence-electron chi connectivity index (χ2n) is 8.67. The molecule has 32 heavy (non-hydrogen) atoms. The molecule has 0 aliphatic carbocycles. The summed E-state index contributed by atoms with van der Waals surface area (Å²) in [6, 6.07) is 9.24. The number of amides is 1. The fourth-order valence-corrected chi connectivity index (χ4v) is 5.86. The first kappa shape index (κ1) is 23.5. The van der Waals surface area contributed by atoms with E-state index >= 15 is 0 Å². The molecule has 1 saturated heterocycles. The molecule has 1 atom stereocenters. The van der Waals surface area contributed by atoms with Gasteiger partial charge in [0.2, 0.25) is 0 Å². The van der Waals surface area contributed by atoms with Crippen molar-refractivity contribution in [2.75, 3.05) is 11.4 Å². The van der Waals surface area contributed by atoms with Crippen molar-refractivity contribution in [1.29, 1.82) is 0 Å². The minimum atomic E-state index is -0.202. The quantitative estimate of drug-likeness (QED) is 0.433. The Morgan fingerprint density at radius 1 is 1.19 bits per heavy atom. The first-order chi connectivity index (χ1) is 15.1. The number of hydrogen-bond donors (Lipinski definition) is 1. The molecule has 8 heteroatoms. The molecular weight excluding hydrogens is 485 g/mol. The topological polar surface area (TPSA) is 44.7 Å². The van der Waals surface area contributed by atoms with Gasteiger partial charge in [-0.15, -0.1) is 0 Å². The lowest BCUT2D eigenvalue weighted by atomic mass is 9.79. The number of amidine groups is 1. The second kappa shape index (κ2) is 8.94. The van der Waals surface area contributed by atoms with Crippen LogP contribution in [0, 0.1) is 0 Å². The Morgan fingerprint density at radius 2 is 1.94 bits per heavy atom. The maximum atomic E-state index is 12.6. The third-order valence-electron chi connectivity index (χ3n) is 5.89. The Kier molecular flexibility index (Phi) is 6.56. The van der Waals surface area contributed by atoms with E-state index in [9.17, 15) is 4.79 Å². The summed E-state index contributed by atoms with van der Waals surface area (Å²) in [6.45, 7) is 9.87. The number of carbonyl (C=O) groups excluding carboxylic acids is 1. The molecule has 4 rings (SSSR count). The summed E-state index contributed by atoms with van der Waals surface area (Å²) in [6.07, 6.45) is 2.89. The Hall–Kier alpha value is -1.66. The van der Waals surface area contributed by atoms with Crippen LogP contribution in [0.4, 0.5) is 11.4 Å². The molecule has 2 aliphatic rings. The fourth-order valence-electron chi connectivity index (χ4n) is 4.52. The van der Waals surface area contributed by atoms with Gasteiger partial charge in [-0.3, -0.25) is 4.79 Å². The first-order valence-electron chi connectivity index (χ1n) is 10.4. The van der Waals surface area contributed by atoms with E-state index in [0.717, 1.165) is 18.5 Å². The number of benzene rings is 2. The molecular formula is C24H24Cl3N3OS. The van der Waals surface area contributed by atoms with Crippen LogP contribution in [0.15, 0.2) is 40.2 Å². The molecule has 0 radical (unpaired) electrons. The zero-order valence-electron chi connectivity index (χ0n) is 18.3. The highest BCUT2D eigenvalue weighted by Gasteiger charge is 2.36. The number of rotatable bonds is 3. The number of anilines is 1. The number of nitrogens with one attached hydrogen (secondary N) is 1. The molecule has 2 aliphatic heterocycles. The van der Waals surface area contributed by atoms with E-state index < -0.39 is 0 Å². The number of thioether (sulfide) groups is 1. The largest absolute Gasteiger partial charge is 0.366 e. The van der Waals surface area contributed by atoms with E-state index in [-0.39, 0.29) is 11.4 Å². The Morgan fingerprint density at radius 3 is 2.62 bits per heavy atom. The van der Waals surface area contributed by atoms with Crippen LogP contribution < -0.4 is 10.2 Å². The van der Waals surface area contributed by atoms with Gasteiger partial charge in [-0.05, 0) is 92.4 Å². The van der Waals surface area contributed by atoms with Gasteiger partial charge >= 0.3 is 0 Å². The van der Waals surface area contributed by atoms with Crippen LogP contribution in [-0.4, -0.2) is 23.2 Å². The second-order valence-corrected chi connectivity index (χ2v) is 10.9. The molecule has 2 aromatic carbocycles. The molecule has 1 unspecified atom stereocenters. The van der Waals surface area contributed by atoms with Crippen LogP contribution in [0.5, 0.6) is 0 Å². The minimum absolute atomic E-state index is 0.0710. The number of nitrogens with zero attached hydrogens (tertiary/aromatic N) is 2. The summed E-state index contributed by atoms with van der Waals surface area (Å²) in [7, 11) is 0. The Labute approximate surface area is 208 Å². The maximum Gasteiger partial charge on any atom is 0.264 e. The maximum absolute atomic E-state index is 12.6. The predicted molar refractivity (Wildman–Crippen MR) is 139 cm³/mol. The van der Waals surface area contributed by atoms with E-state index in [1.807, 2.05) is 12.1 Å². The molecule has 0 saturated carbocycles. The van der Waals surface area contributed by atoms with Crippen LogP contribution in [0.2, 0.25) is 15.1 Å². The smallest absolute Gasteiger partial charge is 0.264 e. The normalized spacial score (nSPS) is 22.4. The van der Waals surface area contributed by atoms with Crippen LogP contribution in [0.25, 0.3) is 6.08 Å². The first-order valence-corrected chi connectivity index (χ1v) is 12.4. The molecule has 2 heterocycles. The Bertz CT molecular complexity index is 1160. The molecule has 2 aromatic rings. The van der Waals surface area contributed by atoms with E-state index in [1.165, 1.54) is 23.0 Å². The van der Waals surface area contributed by atoms with Crippen LogP contribution in [-0.2, 0) is 4.79 Å². The van der Waals surface area contributed by atoms with Gasteiger partial charge < -0.3 is 10.2 Å². The highest BCUT2D eigenvalue weighted by molar-refractivity contribution is 8.18. The number of aliphatic imine (C=N–C) groups is 1. The van der Waals surface area contributed by atoms with E-state index in [0.29, 0.717) is 36.7 Å². The summed E-state index contributed by atoms with van der Waals surface area (Å²) >= 11 is 20.0. The van der Waals surface area contributed by atoms with E-state index in [1.54, 1.807) is 18.2 Å². The summed E-state index contributed by atoms with van der Waals surface area (Å²) in [5.41, 5.74) is 3.96. The monoisotopic (exact) mass is 507 g/mol. The summed E-state index contributed by atoms with van der Waals surface area (Å²) in [5, 5.41) is 4.79. The van der Waals surface area contributed by atoms with Crippen LogP contribution in [0.1, 0.15) is 51.2 Å². The lowest BCUT2D eigenvalue weighted by Gasteiger charge is -2.47. The zero-order valence-corrected chi connectivity index (χ0v) is 21.4. The number of fused-ring (bicyclic) bond motifs is 1. The molecule has 168 valence electrons. The van der Waals surface area contributed by atoms with Crippen molar-refractivity contribution >= 4 is 75.1 Å². The predicted octanol–water partition coefficient (Wildman–Crippen LogP) is 7.65. The van der Waals surface area contributed by atoms with Crippen molar-refractivity contribution < 1.29 is 4.79 Å². The minimum Gasteiger partial charge on any atom is -0.366 e. The highest BCUT2D eigenvalue weighted by Crippen LogP contribution is 2.45. The van der Waals surface area contributed by atoms with Crippen LogP contribution in [0.3, 0.4) is 0 Å². The fraction of sp³-hybridized carbons (Fsp3) is 0.333. The number of hydrogen-bond acceptors (Lipinski definition) is 4. The third-order valence-corrected chi connectivity index (χ3v) is 7.87. The number of halogens is 3.